The average Bonchev–Trinajstić information content (AvgIpc) is 2.50. The summed E-state index contributed by atoms with van der Waals surface area (Å²) in [5, 5.41) is 3.07. The van der Waals surface area contributed by atoms with Crippen molar-refractivity contribution in [3.05, 3.63) is 0 Å². The van der Waals surface area contributed by atoms with Gasteiger partial charge in [-0.1, -0.05) is 0 Å². The van der Waals surface area contributed by atoms with E-state index in [4.69, 9.17) is 22.6 Å². The molecule has 0 saturated heterocycles. The molecule has 0 bridgehead atoms. The molecule has 1 unspecified atom stereocenters. The molecule has 11 heteroatoms. The van der Waals surface area contributed by atoms with Gasteiger partial charge >= 0.3 is 8.80 Å². The van der Waals surface area contributed by atoms with E-state index in [1.807, 2.05) is 6.92 Å². The van der Waals surface area contributed by atoms with Crippen LogP contribution in [-0.2, 0) is 28.1 Å². The molecule has 0 saturated carbocycles. The fourth-order valence-electron chi connectivity index (χ4n) is 1.70. The third kappa shape index (κ3) is 8.58. The molecule has 0 amide bonds. The summed E-state index contributed by atoms with van der Waals surface area (Å²) < 4.78 is 52.5. The van der Waals surface area contributed by atoms with E-state index in [9.17, 15) is 8.42 Å². The Morgan fingerprint density at radius 3 is 2.21 bits per heavy atom. The van der Waals surface area contributed by atoms with Gasteiger partial charge < -0.3 is 18.0 Å². The van der Waals surface area contributed by atoms with Crippen LogP contribution in [-0.4, -0.2) is 72.3 Å². The summed E-state index contributed by atoms with van der Waals surface area (Å²) in [5.41, 5.74) is 0. The van der Waals surface area contributed by atoms with Gasteiger partial charge in [0.05, 0.1) is 6.73 Å². The minimum atomic E-state index is -4.25. The maximum absolute atomic E-state index is 11.1. The van der Waals surface area contributed by atoms with Crippen LogP contribution in [0.2, 0.25) is 6.04 Å². The van der Waals surface area contributed by atoms with Gasteiger partial charge in [-0.15, -0.1) is 0 Å². The maximum Gasteiger partial charge on any atom is 0.500 e. The molecular formula is C13H31NO7S2Si. The molecule has 0 fully saturated rings. The van der Waals surface area contributed by atoms with E-state index in [2.05, 4.69) is 5.32 Å². The van der Waals surface area contributed by atoms with Crippen molar-refractivity contribution in [1.82, 2.24) is 5.32 Å². The van der Waals surface area contributed by atoms with E-state index in [0.717, 1.165) is 24.0 Å². The molecule has 1 atom stereocenters. The van der Waals surface area contributed by atoms with Crippen molar-refractivity contribution in [2.45, 2.75) is 44.2 Å². The van der Waals surface area contributed by atoms with Gasteiger partial charge in [0.2, 0.25) is 0 Å². The van der Waals surface area contributed by atoms with E-state index >= 15 is 0 Å². The van der Waals surface area contributed by atoms with Gasteiger partial charge in [-0.2, -0.15) is 20.2 Å². The smallest absolute Gasteiger partial charge is 0.377 e. The number of thioether (sulfide) groups is 1. The summed E-state index contributed by atoms with van der Waals surface area (Å²) in [6.45, 7) is 4.64. The van der Waals surface area contributed by atoms with Crippen LogP contribution in [0.3, 0.4) is 0 Å². The highest BCUT2D eigenvalue weighted by atomic mass is 32.2. The van der Waals surface area contributed by atoms with Crippen molar-refractivity contribution < 1.29 is 31.0 Å². The van der Waals surface area contributed by atoms with Crippen molar-refractivity contribution in [2.75, 3.05) is 39.6 Å². The SMILES string of the molecule is CO[Si](CCCSCC(C)NCOC(C)(C)S(=O)(=O)O)(OC)OC. The van der Waals surface area contributed by atoms with E-state index in [0.29, 0.717) is 0 Å². The molecule has 0 radical (unpaired) electrons. The molecule has 0 aliphatic rings. The molecule has 146 valence electrons. The third-order valence-corrected chi connectivity index (χ3v) is 9.05. The van der Waals surface area contributed by atoms with Crippen molar-refractivity contribution in [3.63, 3.8) is 0 Å². The van der Waals surface area contributed by atoms with E-state index in [-0.39, 0.29) is 12.8 Å². The first-order valence-corrected chi connectivity index (χ1v) is 12.1. The Kier molecular flexibility index (Phi) is 11.2. The zero-order valence-corrected chi connectivity index (χ0v) is 18.0. The molecule has 0 aliphatic heterocycles. The number of hydrogen-bond donors (Lipinski definition) is 2. The van der Waals surface area contributed by atoms with Crippen molar-refractivity contribution in [3.8, 4) is 0 Å². The second-order valence-corrected chi connectivity index (χ2v) is 11.9. The monoisotopic (exact) mass is 405 g/mol. The van der Waals surface area contributed by atoms with Gasteiger partial charge in [-0.3, -0.25) is 9.87 Å². The topological polar surface area (TPSA) is 103 Å². The first-order chi connectivity index (χ1) is 11.0. The Bertz CT molecular complexity index is 435. The van der Waals surface area contributed by atoms with Crippen LogP contribution in [0.1, 0.15) is 27.2 Å². The van der Waals surface area contributed by atoms with Crippen LogP contribution in [0.5, 0.6) is 0 Å². The first kappa shape index (κ1) is 24.3. The van der Waals surface area contributed by atoms with Gasteiger partial charge in [-0.05, 0) is 32.9 Å². The molecule has 0 aromatic carbocycles. The second kappa shape index (κ2) is 11.1. The summed E-state index contributed by atoms with van der Waals surface area (Å²) in [5.74, 6) is 1.78. The Hall–Kier alpha value is 0.277. The van der Waals surface area contributed by atoms with Crippen molar-refractivity contribution in [2.24, 2.45) is 0 Å². The lowest BCUT2D eigenvalue weighted by atomic mass is 10.4. The molecule has 0 spiro atoms. The summed E-state index contributed by atoms with van der Waals surface area (Å²) in [6, 6.07) is 0.901. The minimum Gasteiger partial charge on any atom is -0.377 e. The number of ether oxygens (including phenoxy) is 1. The van der Waals surface area contributed by atoms with Crippen LogP contribution in [0.25, 0.3) is 0 Å². The third-order valence-electron chi connectivity index (χ3n) is 3.55. The van der Waals surface area contributed by atoms with Crippen LogP contribution >= 0.6 is 11.8 Å². The van der Waals surface area contributed by atoms with Crippen LogP contribution in [0.15, 0.2) is 0 Å². The molecule has 0 aromatic heterocycles. The van der Waals surface area contributed by atoms with Crippen LogP contribution in [0, 0.1) is 0 Å². The normalized spacial score (nSPS) is 14.8. The first-order valence-electron chi connectivity index (χ1n) is 7.61. The Labute approximate surface area is 151 Å². The van der Waals surface area contributed by atoms with Gasteiger partial charge in [0.15, 0.2) is 4.93 Å². The highest BCUT2D eigenvalue weighted by Crippen LogP contribution is 2.18. The quantitative estimate of drug-likeness (QED) is 0.193. The van der Waals surface area contributed by atoms with Gasteiger partial charge in [0, 0.05) is 39.2 Å². The Balaban J connectivity index is 3.91. The Morgan fingerprint density at radius 2 is 1.75 bits per heavy atom. The maximum atomic E-state index is 11.1. The number of rotatable bonds is 14. The van der Waals surface area contributed by atoms with Crippen LogP contribution in [0.4, 0.5) is 0 Å². The van der Waals surface area contributed by atoms with E-state index < -0.39 is 23.9 Å². The van der Waals surface area contributed by atoms with Crippen molar-refractivity contribution in [1.29, 1.82) is 0 Å². The molecule has 0 aromatic rings. The predicted octanol–water partition coefficient (Wildman–Crippen LogP) is 1.56. The summed E-state index contributed by atoms with van der Waals surface area (Å²) in [7, 11) is -1.92. The fourth-order valence-corrected chi connectivity index (χ4v) is 4.87. The molecule has 24 heavy (non-hydrogen) atoms. The lowest BCUT2D eigenvalue weighted by molar-refractivity contribution is 0.0230. The summed E-state index contributed by atoms with van der Waals surface area (Å²) in [4.78, 5) is -1.62. The molecule has 0 heterocycles. The molecule has 0 aliphatic carbocycles. The fraction of sp³-hybridized carbons (Fsp3) is 1.00. The average molecular weight is 406 g/mol. The van der Waals surface area contributed by atoms with E-state index in [1.54, 1.807) is 33.1 Å². The van der Waals surface area contributed by atoms with E-state index in [1.165, 1.54) is 13.8 Å². The summed E-state index contributed by atoms with van der Waals surface area (Å²) >= 11 is 1.77. The molecular weight excluding hydrogens is 374 g/mol. The highest BCUT2D eigenvalue weighted by molar-refractivity contribution is 7.99. The van der Waals surface area contributed by atoms with Gasteiger partial charge in [-0.25, -0.2) is 0 Å². The number of hydrogen-bond acceptors (Lipinski definition) is 8. The van der Waals surface area contributed by atoms with Crippen molar-refractivity contribution >= 4 is 30.7 Å². The minimum absolute atomic E-state index is 0.0432. The number of nitrogens with one attached hydrogen (secondary N) is 1. The lowest BCUT2D eigenvalue weighted by Crippen LogP contribution is -2.42. The zero-order chi connectivity index (χ0) is 18.9. The summed E-state index contributed by atoms with van der Waals surface area (Å²) in [6.07, 6.45) is 0.922. The highest BCUT2D eigenvalue weighted by Gasteiger charge is 2.36. The molecule has 0 rings (SSSR count). The largest absolute Gasteiger partial charge is 0.500 e. The lowest BCUT2D eigenvalue weighted by Gasteiger charge is -2.24. The second-order valence-electron chi connectivity index (χ2n) is 5.74. The van der Waals surface area contributed by atoms with Gasteiger partial charge in [0.1, 0.15) is 0 Å². The molecule has 2 N–H and O–H groups in total. The standard InChI is InChI=1S/C13H31NO7S2Si/c1-12(14-11-21-13(2,3)23(15,16)17)10-22-8-7-9-24(18-4,19-5)20-6/h12,14H,7-11H2,1-6H3,(H,15,16,17). The van der Waals surface area contributed by atoms with Crippen LogP contribution < -0.4 is 5.32 Å². The molecule has 8 nitrogen and oxygen atoms in total. The zero-order valence-electron chi connectivity index (χ0n) is 15.3. The van der Waals surface area contributed by atoms with Gasteiger partial charge in [0.25, 0.3) is 10.1 Å². The Morgan fingerprint density at radius 1 is 1.21 bits per heavy atom. The predicted molar refractivity (Wildman–Crippen MR) is 97.7 cm³/mol.